The molecule has 2 heterocycles. The third-order valence-corrected chi connectivity index (χ3v) is 4.67. The molecular formula is C15H18N2O2S. The third kappa shape index (κ3) is 2.55. The van der Waals surface area contributed by atoms with E-state index in [2.05, 4.69) is 17.4 Å². The predicted octanol–water partition coefficient (Wildman–Crippen LogP) is 1.94. The van der Waals surface area contributed by atoms with Gasteiger partial charge in [0.05, 0.1) is 4.91 Å². The molecule has 1 aromatic rings. The Bertz CT molecular complexity index is 530. The summed E-state index contributed by atoms with van der Waals surface area (Å²) in [6.45, 7) is 1.37. The molecule has 1 amide bonds. The Morgan fingerprint density at radius 3 is 2.95 bits per heavy atom. The highest BCUT2D eigenvalue weighted by molar-refractivity contribution is 8.03. The molecule has 0 aliphatic carbocycles. The molecule has 0 fully saturated rings. The first-order valence-electron chi connectivity index (χ1n) is 6.78. The summed E-state index contributed by atoms with van der Waals surface area (Å²) < 4.78 is 5.64. The molecule has 0 radical (unpaired) electrons. The minimum atomic E-state index is -0.260. The molecule has 2 aliphatic rings. The second-order valence-electron chi connectivity index (χ2n) is 4.91. The fraction of sp³-hybridized carbons (Fsp3) is 0.400. The van der Waals surface area contributed by atoms with Crippen LogP contribution in [-0.2, 0) is 16.1 Å². The van der Waals surface area contributed by atoms with Gasteiger partial charge in [-0.1, -0.05) is 42.1 Å². The summed E-state index contributed by atoms with van der Waals surface area (Å²) in [7, 11) is 1.83. The van der Waals surface area contributed by atoms with Crippen molar-refractivity contribution in [3.63, 3.8) is 0 Å². The average molecular weight is 290 g/mol. The van der Waals surface area contributed by atoms with Crippen LogP contribution in [0.2, 0.25) is 0 Å². The predicted molar refractivity (Wildman–Crippen MR) is 79.9 cm³/mol. The number of hydrogen-bond acceptors (Lipinski definition) is 4. The quantitative estimate of drug-likeness (QED) is 0.924. The molecule has 0 saturated carbocycles. The maximum Gasteiger partial charge on any atom is 0.245 e. The van der Waals surface area contributed by atoms with Crippen molar-refractivity contribution in [3.8, 4) is 0 Å². The lowest BCUT2D eigenvalue weighted by atomic mass is 10.2. The maximum absolute atomic E-state index is 12.7. The Morgan fingerprint density at radius 2 is 2.20 bits per heavy atom. The van der Waals surface area contributed by atoms with Crippen molar-refractivity contribution in [1.82, 2.24) is 10.2 Å². The van der Waals surface area contributed by atoms with Crippen LogP contribution < -0.4 is 5.32 Å². The number of rotatable bonds is 3. The summed E-state index contributed by atoms with van der Waals surface area (Å²) in [4.78, 5) is 15.7. The van der Waals surface area contributed by atoms with E-state index >= 15 is 0 Å². The number of carbonyl (C=O) groups excluding carboxylic acids is 1. The van der Waals surface area contributed by atoms with Crippen molar-refractivity contribution in [2.75, 3.05) is 19.5 Å². The van der Waals surface area contributed by atoms with Gasteiger partial charge in [0.1, 0.15) is 17.7 Å². The van der Waals surface area contributed by atoms with Crippen molar-refractivity contribution >= 4 is 17.7 Å². The van der Waals surface area contributed by atoms with Crippen LogP contribution in [0.1, 0.15) is 12.0 Å². The Kier molecular flexibility index (Phi) is 3.98. The van der Waals surface area contributed by atoms with Gasteiger partial charge in [0.25, 0.3) is 0 Å². The molecule has 0 saturated heterocycles. The Balaban J connectivity index is 1.80. The average Bonchev–Trinajstić information content (AvgIpc) is 2.89. The summed E-state index contributed by atoms with van der Waals surface area (Å²) in [6.07, 6.45) is 0.805. The zero-order chi connectivity index (χ0) is 13.9. The van der Waals surface area contributed by atoms with Gasteiger partial charge in [0.15, 0.2) is 0 Å². The van der Waals surface area contributed by atoms with E-state index < -0.39 is 0 Å². The summed E-state index contributed by atoms with van der Waals surface area (Å²) in [5, 5.41) is 3.13. The molecule has 1 unspecified atom stereocenters. The number of benzene rings is 1. The summed E-state index contributed by atoms with van der Waals surface area (Å²) >= 11 is 1.63. The number of carbonyl (C=O) groups is 1. The van der Waals surface area contributed by atoms with Gasteiger partial charge in [-0.25, -0.2) is 0 Å². The van der Waals surface area contributed by atoms with E-state index in [1.165, 1.54) is 0 Å². The van der Waals surface area contributed by atoms with Crippen molar-refractivity contribution in [1.29, 1.82) is 0 Å². The van der Waals surface area contributed by atoms with Crippen molar-refractivity contribution < 1.29 is 9.53 Å². The van der Waals surface area contributed by atoms with Crippen LogP contribution in [0.25, 0.3) is 0 Å². The molecule has 0 spiro atoms. The van der Waals surface area contributed by atoms with Gasteiger partial charge in [-0.3, -0.25) is 4.79 Å². The Morgan fingerprint density at radius 1 is 1.40 bits per heavy atom. The maximum atomic E-state index is 12.7. The molecule has 5 heteroatoms. The topological polar surface area (TPSA) is 41.6 Å². The molecule has 2 aliphatic heterocycles. The van der Waals surface area contributed by atoms with E-state index in [9.17, 15) is 4.79 Å². The van der Waals surface area contributed by atoms with Crippen LogP contribution in [0.5, 0.6) is 0 Å². The van der Waals surface area contributed by atoms with E-state index in [4.69, 9.17) is 4.74 Å². The molecule has 1 atom stereocenters. The van der Waals surface area contributed by atoms with Gasteiger partial charge in [-0.2, -0.15) is 0 Å². The number of amides is 1. The van der Waals surface area contributed by atoms with Crippen LogP contribution in [0, 0.1) is 0 Å². The summed E-state index contributed by atoms with van der Waals surface area (Å²) in [5.74, 6) is 1.76. The lowest BCUT2D eigenvalue weighted by Gasteiger charge is -2.25. The first-order valence-corrected chi connectivity index (χ1v) is 7.77. The second-order valence-corrected chi connectivity index (χ2v) is 5.88. The number of nitrogens with one attached hydrogen (secondary N) is 1. The van der Waals surface area contributed by atoms with Crippen molar-refractivity contribution in [2.24, 2.45) is 0 Å². The standard InChI is InChI=1S/C15H18N2O2S/c1-16-13-14-12(19-10-20-14)7-8-17(15(13)18)9-11-5-3-2-4-6-11/h2-6,13,16H,7-10H2,1H3. The van der Waals surface area contributed by atoms with Gasteiger partial charge in [0.2, 0.25) is 5.91 Å². The monoisotopic (exact) mass is 290 g/mol. The number of nitrogens with zero attached hydrogens (tertiary/aromatic N) is 1. The Hall–Kier alpha value is -1.46. The normalized spacial score (nSPS) is 22.6. The number of ether oxygens (including phenoxy) is 1. The van der Waals surface area contributed by atoms with E-state index in [1.807, 2.05) is 30.1 Å². The number of thioether (sulfide) groups is 1. The highest BCUT2D eigenvalue weighted by Gasteiger charge is 2.35. The molecule has 0 aromatic heterocycles. The van der Waals surface area contributed by atoms with Crippen molar-refractivity contribution in [2.45, 2.75) is 19.0 Å². The molecule has 1 aromatic carbocycles. The first kappa shape index (κ1) is 13.5. The van der Waals surface area contributed by atoms with Crippen LogP contribution >= 0.6 is 11.8 Å². The van der Waals surface area contributed by atoms with Crippen LogP contribution in [-0.4, -0.2) is 36.4 Å². The zero-order valence-electron chi connectivity index (χ0n) is 11.5. The van der Waals surface area contributed by atoms with E-state index in [0.717, 1.165) is 22.6 Å². The minimum Gasteiger partial charge on any atom is -0.486 e. The van der Waals surface area contributed by atoms with Gasteiger partial charge in [-0.15, -0.1) is 0 Å². The van der Waals surface area contributed by atoms with Gasteiger partial charge in [-0.05, 0) is 12.6 Å². The first-order chi connectivity index (χ1) is 9.79. The molecule has 1 N–H and O–H groups in total. The van der Waals surface area contributed by atoms with E-state index in [0.29, 0.717) is 19.0 Å². The highest BCUT2D eigenvalue weighted by atomic mass is 32.2. The lowest BCUT2D eigenvalue weighted by molar-refractivity contribution is -0.132. The third-order valence-electron chi connectivity index (χ3n) is 3.66. The fourth-order valence-electron chi connectivity index (χ4n) is 2.61. The van der Waals surface area contributed by atoms with Crippen LogP contribution in [0.4, 0.5) is 0 Å². The van der Waals surface area contributed by atoms with E-state index in [-0.39, 0.29) is 11.9 Å². The minimum absolute atomic E-state index is 0.138. The van der Waals surface area contributed by atoms with Gasteiger partial charge < -0.3 is 15.0 Å². The second kappa shape index (κ2) is 5.89. The van der Waals surface area contributed by atoms with Crippen LogP contribution in [0.15, 0.2) is 41.0 Å². The highest BCUT2D eigenvalue weighted by Crippen LogP contribution is 2.36. The largest absolute Gasteiger partial charge is 0.486 e. The molecule has 0 bridgehead atoms. The summed E-state index contributed by atoms with van der Waals surface area (Å²) in [5.41, 5.74) is 1.16. The van der Waals surface area contributed by atoms with Crippen LogP contribution in [0.3, 0.4) is 0 Å². The Labute approximate surface area is 123 Å². The SMILES string of the molecule is CNC1C(=O)N(Cc2ccccc2)CCC2=C1SCO2. The molecule has 3 rings (SSSR count). The van der Waals surface area contributed by atoms with Gasteiger partial charge in [0, 0.05) is 19.5 Å². The summed E-state index contributed by atoms with van der Waals surface area (Å²) in [6, 6.07) is 9.85. The van der Waals surface area contributed by atoms with E-state index in [1.54, 1.807) is 11.8 Å². The zero-order valence-corrected chi connectivity index (χ0v) is 12.3. The molecule has 4 nitrogen and oxygen atoms in total. The molecule has 20 heavy (non-hydrogen) atoms. The van der Waals surface area contributed by atoms with Gasteiger partial charge >= 0.3 is 0 Å². The molecule has 106 valence electrons. The number of hydrogen-bond donors (Lipinski definition) is 1. The fourth-order valence-corrected chi connectivity index (χ4v) is 3.65. The lowest BCUT2D eigenvalue weighted by Crippen LogP contribution is -2.44. The smallest absolute Gasteiger partial charge is 0.245 e. The number of likely N-dealkylation sites (N-methyl/N-ethyl adjacent to an activating group) is 1. The van der Waals surface area contributed by atoms with Crippen molar-refractivity contribution in [3.05, 3.63) is 46.6 Å². The molecular weight excluding hydrogens is 272 g/mol.